The van der Waals surface area contributed by atoms with Crippen molar-refractivity contribution in [2.75, 3.05) is 58.8 Å². The molecular formula is C22H29N5O3. The summed E-state index contributed by atoms with van der Waals surface area (Å²) in [5.41, 5.74) is 2.68. The van der Waals surface area contributed by atoms with Gasteiger partial charge >= 0.3 is 0 Å². The molecule has 1 N–H and O–H groups in total. The molecule has 0 aromatic heterocycles. The van der Waals surface area contributed by atoms with Crippen LogP contribution in [0.15, 0.2) is 48.5 Å². The number of benzene rings is 2. The first kappa shape index (κ1) is 21.7. The molecule has 0 spiro atoms. The highest BCUT2D eigenvalue weighted by Crippen LogP contribution is 2.24. The maximum Gasteiger partial charge on any atom is 0.269 e. The Morgan fingerprint density at radius 2 is 1.67 bits per heavy atom. The lowest BCUT2D eigenvalue weighted by atomic mass is 10.0. The highest BCUT2D eigenvalue weighted by Gasteiger charge is 2.24. The summed E-state index contributed by atoms with van der Waals surface area (Å²) in [7, 11) is 6.14. The van der Waals surface area contributed by atoms with E-state index in [1.807, 2.05) is 14.1 Å². The molecule has 1 fully saturated rings. The minimum atomic E-state index is -0.470. The normalized spacial score (nSPS) is 16.1. The van der Waals surface area contributed by atoms with Gasteiger partial charge in [0.15, 0.2) is 0 Å². The number of nitro groups is 1. The summed E-state index contributed by atoms with van der Waals surface area (Å²) in [5.74, 6) is -0.228. The van der Waals surface area contributed by atoms with Crippen molar-refractivity contribution in [2.45, 2.75) is 6.04 Å². The number of piperazine rings is 1. The van der Waals surface area contributed by atoms with Gasteiger partial charge in [-0.25, -0.2) is 0 Å². The summed E-state index contributed by atoms with van der Waals surface area (Å²) in [5, 5.41) is 13.8. The number of carbonyl (C=O) groups excluding carboxylic acids is 1. The van der Waals surface area contributed by atoms with Crippen LogP contribution in [-0.4, -0.2) is 74.5 Å². The zero-order valence-corrected chi connectivity index (χ0v) is 17.7. The standard InChI is InChI=1S/C22H29N5O3/c1-24(2)19-8-4-17(5-9-19)21(26-14-12-25(3)13-15-26)16-23-22(28)18-6-10-20(11-7-18)27(29)30/h4-11,21H,12-16H2,1-3H3,(H,23,28)/t21-/m1/s1. The molecule has 0 saturated carbocycles. The molecule has 1 atom stereocenters. The zero-order valence-electron chi connectivity index (χ0n) is 17.7. The minimum absolute atomic E-state index is 0.0251. The number of hydrogen-bond acceptors (Lipinski definition) is 6. The smallest absolute Gasteiger partial charge is 0.269 e. The van der Waals surface area contributed by atoms with Gasteiger partial charge in [-0.1, -0.05) is 12.1 Å². The average Bonchev–Trinajstić information content (AvgIpc) is 2.75. The van der Waals surface area contributed by atoms with Crippen LogP contribution in [-0.2, 0) is 0 Å². The van der Waals surface area contributed by atoms with E-state index in [1.54, 1.807) is 0 Å². The molecule has 0 unspecified atom stereocenters. The molecule has 1 saturated heterocycles. The lowest BCUT2D eigenvalue weighted by Crippen LogP contribution is -2.48. The molecular weight excluding hydrogens is 382 g/mol. The summed E-state index contributed by atoms with van der Waals surface area (Å²) in [4.78, 5) is 29.7. The summed E-state index contributed by atoms with van der Waals surface area (Å²) in [6.07, 6.45) is 0. The van der Waals surface area contributed by atoms with Gasteiger partial charge in [0.1, 0.15) is 0 Å². The van der Waals surface area contributed by atoms with E-state index in [0.717, 1.165) is 37.4 Å². The molecule has 1 aliphatic heterocycles. The quantitative estimate of drug-likeness (QED) is 0.557. The average molecular weight is 412 g/mol. The molecule has 1 heterocycles. The number of amides is 1. The molecule has 8 nitrogen and oxygen atoms in total. The van der Waals surface area contributed by atoms with Crippen LogP contribution in [0, 0.1) is 10.1 Å². The first-order chi connectivity index (χ1) is 14.3. The molecule has 2 aromatic rings. The number of rotatable bonds is 7. The van der Waals surface area contributed by atoms with E-state index < -0.39 is 4.92 Å². The van der Waals surface area contributed by atoms with E-state index in [2.05, 4.69) is 51.3 Å². The molecule has 0 bridgehead atoms. The van der Waals surface area contributed by atoms with Crippen LogP contribution >= 0.6 is 0 Å². The van der Waals surface area contributed by atoms with Crippen LogP contribution in [0.2, 0.25) is 0 Å². The first-order valence-corrected chi connectivity index (χ1v) is 10.1. The maximum atomic E-state index is 12.6. The number of hydrogen-bond donors (Lipinski definition) is 1. The van der Waals surface area contributed by atoms with Gasteiger partial charge in [0, 0.05) is 70.2 Å². The van der Waals surface area contributed by atoms with Gasteiger partial charge < -0.3 is 15.1 Å². The van der Waals surface area contributed by atoms with Crippen LogP contribution in [0.1, 0.15) is 22.0 Å². The molecule has 1 amide bonds. The van der Waals surface area contributed by atoms with Gasteiger partial charge in [0.25, 0.3) is 11.6 Å². The van der Waals surface area contributed by atoms with Crippen LogP contribution in [0.25, 0.3) is 0 Å². The van der Waals surface area contributed by atoms with E-state index in [4.69, 9.17) is 0 Å². The van der Waals surface area contributed by atoms with E-state index in [0.29, 0.717) is 12.1 Å². The van der Waals surface area contributed by atoms with Crippen molar-refractivity contribution in [2.24, 2.45) is 0 Å². The Bertz CT molecular complexity index is 859. The SMILES string of the molecule is CN1CCN([C@H](CNC(=O)c2ccc([N+](=O)[O-])cc2)c2ccc(N(C)C)cc2)CC1. The number of likely N-dealkylation sites (N-methyl/N-ethyl adjacent to an activating group) is 1. The van der Waals surface area contributed by atoms with E-state index in [9.17, 15) is 14.9 Å². The highest BCUT2D eigenvalue weighted by atomic mass is 16.6. The monoisotopic (exact) mass is 411 g/mol. The van der Waals surface area contributed by atoms with E-state index in [1.165, 1.54) is 24.3 Å². The number of anilines is 1. The third-order valence-electron chi connectivity index (χ3n) is 5.57. The second kappa shape index (κ2) is 9.69. The third-order valence-corrected chi connectivity index (χ3v) is 5.57. The van der Waals surface area contributed by atoms with Crippen LogP contribution in [0.5, 0.6) is 0 Å². The molecule has 30 heavy (non-hydrogen) atoms. The number of non-ortho nitro benzene ring substituents is 1. The summed E-state index contributed by atoms with van der Waals surface area (Å²) < 4.78 is 0. The number of nitrogens with one attached hydrogen (secondary N) is 1. The van der Waals surface area contributed by atoms with Crippen LogP contribution in [0.4, 0.5) is 11.4 Å². The van der Waals surface area contributed by atoms with Gasteiger partial charge in [-0.05, 0) is 36.9 Å². The Morgan fingerprint density at radius 1 is 1.07 bits per heavy atom. The van der Waals surface area contributed by atoms with E-state index in [-0.39, 0.29) is 17.6 Å². The maximum absolute atomic E-state index is 12.6. The number of carbonyl (C=O) groups is 1. The van der Waals surface area contributed by atoms with E-state index >= 15 is 0 Å². The van der Waals surface area contributed by atoms with Crippen LogP contribution < -0.4 is 10.2 Å². The van der Waals surface area contributed by atoms with Crippen molar-refractivity contribution < 1.29 is 9.72 Å². The molecule has 2 aromatic carbocycles. The zero-order chi connectivity index (χ0) is 21.7. The van der Waals surface area contributed by atoms with Crippen molar-refractivity contribution in [3.8, 4) is 0 Å². The lowest BCUT2D eigenvalue weighted by molar-refractivity contribution is -0.384. The summed E-state index contributed by atoms with van der Waals surface area (Å²) in [6.45, 7) is 4.32. The van der Waals surface area contributed by atoms with Crippen molar-refractivity contribution in [1.82, 2.24) is 15.1 Å². The lowest BCUT2D eigenvalue weighted by Gasteiger charge is -2.38. The molecule has 1 aliphatic rings. The molecule has 0 aliphatic carbocycles. The molecule has 0 radical (unpaired) electrons. The van der Waals surface area contributed by atoms with Crippen molar-refractivity contribution in [1.29, 1.82) is 0 Å². The largest absolute Gasteiger partial charge is 0.378 e. The first-order valence-electron chi connectivity index (χ1n) is 10.1. The Balaban J connectivity index is 1.73. The molecule has 160 valence electrons. The van der Waals surface area contributed by atoms with Crippen molar-refractivity contribution in [3.63, 3.8) is 0 Å². The van der Waals surface area contributed by atoms with Gasteiger partial charge in [0.05, 0.1) is 11.0 Å². The Hall–Kier alpha value is -2.97. The topological polar surface area (TPSA) is 82.0 Å². The summed E-state index contributed by atoms with van der Waals surface area (Å²) >= 11 is 0. The second-order valence-electron chi connectivity index (χ2n) is 7.86. The Labute approximate surface area is 177 Å². The molecule has 8 heteroatoms. The fourth-order valence-corrected chi connectivity index (χ4v) is 3.61. The second-order valence-corrected chi connectivity index (χ2v) is 7.86. The highest BCUT2D eigenvalue weighted by molar-refractivity contribution is 5.94. The fourth-order valence-electron chi connectivity index (χ4n) is 3.61. The van der Waals surface area contributed by atoms with Gasteiger partial charge in [-0.15, -0.1) is 0 Å². The molecule has 3 rings (SSSR count). The van der Waals surface area contributed by atoms with Crippen molar-refractivity contribution >= 4 is 17.3 Å². The number of nitrogens with zero attached hydrogens (tertiary/aromatic N) is 4. The Morgan fingerprint density at radius 3 is 2.20 bits per heavy atom. The minimum Gasteiger partial charge on any atom is -0.378 e. The fraction of sp³-hybridized carbons (Fsp3) is 0.409. The van der Waals surface area contributed by atoms with Gasteiger partial charge in [-0.3, -0.25) is 19.8 Å². The van der Waals surface area contributed by atoms with Crippen molar-refractivity contribution in [3.05, 3.63) is 69.8 Å². The van der Waals surface area contributed by atoms with Crippen LogP contribution in [0.3, 0.4) is 0 Å². The number of nitro benzene ring substituents is 1. The van der Waals surface area contributed by atoms with Gasteiger partial charge in [-0.2, -0.15) is 0 Å². The Kier molecular flexibility index (Phi) is 7.02. The predicted octanol–water partition coefficient (Wildman–Crippen LogP) is 2.38. The summed E-state index contributed by atoms with van der Waals surface area (Å²) in [6, 6.07) is 14.2. The predicted molar refractivity (Wildman–Crippen MR) is 118 cm³/mol. The van der Waals surface area contributed by atoms with Gasteiger partial charge in [0.2, 0.25) is 0 Å². The third kappa shape index (κ3) is 5.34.